The number of carbonyl (C=O) groups is 1. The van der Waals surface area contributed by atoms with Gasteiger partial charge < -0.3 is 9.64 Å². The van der Waals surface area contributed by atoms with Gasteiger partial charge in [-0.25, -0.2) is 0 Å². The average molecular weight is 321 g/mol. The van der Waals surface area contributed by atoms with Crippen LogP contribution in [0, 0.1) is 16.7 Å². The van der Waals surface area contributed by atoms with Gasteiger partial charge in [-0.15, -0.1) is 11.6 Å². The smallest absolute Gasteiger partial charge is 0.237 e. The summed E-state index contributed by atoms with van der Waals surface area (Å²) >= 11 is 5.72. The zero-order valence-electron chi connectivity index (χ0n) is 13.0. The second-order valence-electron chi connectivity index (χ2n) is 6.05. The predicted molar refractivity (Wildman–Crippen MR) is 85.6 cm³/mol. The van der Waals surface area contributed by atoms with Crippen LogP contribution >= 0.6 is 11.6 Å². The number of nitriles is 1. The van der Waals surface area contributed by atoms with Crippen molar-refractivity contribution in [2.45, 2.75) is 39.3 Å². The lowest BCUT2D eigenvalue weighted by Gasteiger charge is -2.25. The molecule has 0 bridgehead atoms. The van der Waals surface area contributed by atoms with Crippen molar-refractivity contribution in [1.29, 1.82) is 5.26 Å². The molecule has 1 aliphatic carbocycles. The van der Waals surface area contributed by atoms with Crippen molar-refractivity contribution < 1.29 is 9.53 Å². The van der Waals surface area contributed by atoms with E-state index in [1.165, 1.54) is 0 Å². The van der Waals surface area contributed by atoms with Gasteiger partial charge in [-0.2, -0.15) is 5.26 Å². The van der Waals surface area contributed by atoms with Gasteiger partial charge in [0.15, 0.2) is 0 Å². The number of para-hydroxylation sites is 1. The fraction of sp³-hybridized carbons (Fsp3) is 0.529. The highest BCUT2D eigenvalue weighted by molar-refractivity contribution is 6.27. The fourth-order valence-electron chi connectivity index (χ4n) is 2.35. The number of ether oxygens (including phenoxy) is 1. The van der Waals surface area contributed by atoms with E-state index in [-0.39, 0.29) is 23.3 Å². The first kappa shape index (κ1) is 16.6. The summed E-state index contributed by atoms with van der Waals surface area (Å²) in [5, 5.41) is 9.25. The number of alkyl halides is 1. The Morgan fingerprint density at radius 3 is 2.68 bits per heavy atom. The van der Waals surface area contributed by atoms with Crippen LogP contribution in [0.15, 0.2) is 24.3 Å². The van der Waals surface area contributed by atoms with Crippen molar-refractivity contribution in [1.82, 2.24) is 4.90 Å². The van der Waals surface area contributed by atoms with Crippen LogP contribution < -0.4 is 4.74 Å². The molecule has 0 atom stereocenters. The van der Waals surface area contributed by atoms with Crippen LogP contribution in [0.4, 0.5) is 0 Å². The minimum Gasteiger partial charge on any atom is -0.491 e. The first-order valence-electron chi connectivity index (χ1n) is 7.49. The second-order valence-corrected chi connectivity index (χ2v) is 6.32. The van der Waals surface area contributed by atoms with Crippen LogP contribution in [0.5, 0.6) is 5.75 Å². The highest BCUT2D eigenvalue weighted by Gasteiger charge is 2.45. The highest BCUT2D eigenvalue weighted by Crippen LogP contribution is 2.45. The van der Waals surface area contributed by atoms with E-state index in [4.69, 9.17) is 16.3 Å². The van der Waals surface area contributed by atoms with Crippen molar-refractivity contribution in [2.75, 3.05) is 12.4 Å². The van der Waals surface area contributed by atoms with E-state index in [1.807, 2.05) is 38.1 Å². The lowest BCUT2D eigenvalue weighted by Crippen LogP contribution is -2.36. The molecule has 1 amide bonds. The van der Waals surface area contributed by atoms with Crippen LogP contribution in [-0.4, -0.2) is 29.3 Å². The normalized spacial score (nSPS) is 15.2. The van der Waals surface area contributed by atoms with Gasteiger partial charge in [0.1, 0.15) is 11.6 Å². The van der Waals surface area contributed by atoms with Gasteiger partial charge in [-0.05, 0) is 32.8 Å². The monoisotopic (exact) mass is 320 g/mol. The van der Waals surface area contributed by atoms with Crippen molar-refractivity contribution in [3.63, 3.8) is 0 Å². The Morgan fingerprint density at radius 1 is 1.45 bits per heavy atom. The van der Waals surface area contributed by atoms with Gasteiger partial charge in [0.2, 0.25) is 5.91 Å². The molecule has 1 aromatic carbocycles. The third-order valence-electron chi connectivity index (χ3n) is 3.75. The van der Waals surface area contributed by atoms with Crippen molar-refractivity contribution in [3.05, 3.63) is 29.8 Å². The zero-order chi connectivity index (χ0) is 16.2. The molecule has 1 aromatic rings. The molecule has 0 aromatic heterocycles. The van der Waals surface area contributed by atoms with Gasteiger partial charge in [-0.3, -0.25) is 4.79 Å². The van der Waals surface area contributed by atoms with Crippen LogP contribution in [-0.2, 0) is 11.3 Å². The molecule has 2 rings (SSSR count). The Hall–Kier alpha value is -1.73. The molecule has 4 nitrogen and oxygen atoms in total. The van der Waals surface area contributed by atoms with E-state index in [1.54, 1.807) is 4.90 Å². The standard InChI is InChI=1S/C17H21ClN2O2/c1-13(2)22-15-6-4-3-5-14(15)10-20(16(21)9-18)12-17(11-19)7-8-17/h3-6,13H,7-10,12H2,1-2H3. The summed E-state index contributed by atoms with van der Waals surface area (Å²) in [6.07, 6.45) is 1.76. The molecule has 0 aliphatic heterocycles. The first-order valence-corrected chi connectivity index (χ1v) is 8.03. The summed E-state index contributed by atoms with van der Waals surface area (Å²) in [4.78, 5) is 13.8. The van der Waals surface area contributed by atoms with E-state index >= 15 is 0 Å². The highest BCUT2D eigenvalue weighted by atomic mass is 35.5. The number of hydrogen-bond donors (Lipinski definition) is 0. The molecule has 5 heteroatoms. The molecule has 1 saturated carbocycles. The topological polar surface area (TPSA) is 53.3 Å². The maximum Gasteiger partial charge on any atom is 0.237 e. The summed E-state index contributed by atoms with van der Waals surface area (Å²) in [6, 6.07) is 10.00. The molecule has 0 heterocycles. The number of carbonyl (C=O) groups excluding carboxylic acids is 1. The minimum atomic E-state index is -0.379. The van der Waals surface area contributed by atoms with Crippen molar-refractivity contribution >= 4 is 17.5 Å². The van der Waals surface area contributed by atoms with Gasteiger partial charge in [0.25, 0.3) is 0 Å². The van der Waals surface area contributed by atoms with Crippen molar-refractivity contribution in [3.8, 4) is 11.8 Å². The van der Waals surface area contributed by atoms with E-state index in [0.717, 1.165) is 24.2 Å². The quantitative estimate of drug-likeness (QED) is 0.724. The fourth-order valence-corrected chi connectivity index (χ4v) is 2.52. The second kappa shape index (κ2) is 7.02. The van der Waals surface area contributed by atoms with Crippen LogP contribution in [0.25, 0.3) is 0 Å². The molecular formula is C17H21ClN2O2. The van der Waals surface area contributed by atoms with E-state index in [9.17, 15) is 10.1 Å². The minimum absolute atomic E-state index is 0.0622. The maximum atomic E-state index is 12.1. The Balaban J connectivity index is 2.17. The number of hydrogen-bond acceptors (Lipinski definition) is 3. The summed E-state index contributed by atoms with van der Waals surface area (Å²) in [7, 11) is 0. The molecule has 0 unspecified atom stereocenters. The Bertz CT molecular complexity index is 576. The van der Waals surface area contributed by atoms with Crippen molar-refractivity contribution in [2.24, 2.45) is 5.41 Å². The largest absolute Gasteiger partial charge is 0.491 e. The summed E-state index contributed by atoms with van der Waals surface area (Å²) in [5.41, 5.74) is 0.554. The number of rotatable bonds is 7. The van der Waals surface area contributed by atoms with Crippen LogP contribution in [0.2, 0.25) is 0 Å². The molecule has 118 valence electrons. The first-order chi connectivity index (χ1) is 10.5. The van der Waals surface area contributed by atoms with Gasteiger partial charge in [0.05, 0.1) is 17.6 Å². The molecule has 0 radical (unpaired) electrons. The number of amides is 1. The Labute approximate surface area is 136 Å². The molecule has 1 fully saturated rings. The van der Waals surface area contributed by atoms with Gasteiger partial charge in [-0.1, -0.05) is 18.2 Å². The number of nitrogens with zero attached hydrogens (tertiary/aromatic N) is 2. The zero-order valence-corrected chi connectivity index (χ0v) is 13.8. The molecule has 0 spiro atoms. The third-order valence-corrected chi connectivity index (χ3v) is 3.98. The maximum absolute atomic E-state index is 12.1. The number of benzene rings is 1. The summed E-state index contributed by atoms with van der Waals surface area (Å²) in [6.45, 7) is 4.78. The lowest BCUT2D eigenvalue weighted by atomic mass is 10.1. The third kappa shape index (κ3) is 4.14. The SMILES string of the molecule is CC(C)Oc1ccccc1CN(CC1(C#N)CC1)C(=O)CCl. The molecule has 1 aliphatic rings. The van der Waals surface area contributed by atoms with Gasteiger partial charge in [0, 0.05) is 18.7 Å². The van der Waals surface area contributed by atoms with Gasteiger partial charge >= 0.3 is 0 Å². The van der Waals surface area contributed by atoms with E-state index in [2.05, 4.69) is 6.07 Å². The molecule has 22 heavy (non-hydrogen) atoms. The summed E-state index contributed by atoms with van der Waals surface area (Å²) in [5.74, 6) is 0.545. The molecule has 0 N–H and O–H groups in total. The molecule has 0 saturated heterocycles. The lowest BCUT2D eigenvalue weighted by molar-refractivity contribution is -0.129. The van der Waals surface area contributed by atoms with Crippen LogP contribution in [0.1, 0.15) is 32.3 Å². The molecular weight excluding hydrogens is 300 g/mol. The Kier molecular flexibility index (Phi) is 5.31. The van der Waals surface area contributed by atoms with Crippen LogP contribution in [0.3, 0.4) is 0 Å². The average Bonchev–Trinajstić information content (AvgIpc) is 3.27. The van der Waals surface area contributed by atoms with E-state index < -0.39 is 0 Å². The number of halogens is 1. The Morgan fingerprint density at radius 2 is 2.14 bits per heavy atom. The summed E-state index contributed by atoms with van der Waals surface area (Å²) < 4.78 is 5.80. The van der Waals surface area contributed by atoms with E-state index in [0.29, 0.717) is 13.1 Å². The predicted octanol–water partition coefficient (Wildman–Crippen LogP) is 3.34.